The molecule has 80 valence electrons. The molecule has 2 bridgehead atoms. The monoisotopic (exact) mass is 265 g/mol. The van der Waals surface area contributed by atoms with Crippen molar-refractivity contribution in [3.05, 3.63) is 34.3 Å². The third kappa shape index (κ3) is 1.64. The molecule has 0 spiro atoms. The zero-order valence-electron chi connectivity index (χ0n) is 8.88. The lowest BCUT2D eigenvalue weighted by molar-refractivity contribution is 0.243. The van der Waals surface area contributed by atoms with E-state index >= 15 is 0 Å². The third-order valence-electron chi connectivity index (χ3n) is 4.02. The molecular weight excluding hydrogens is 250 g/mol. The van der Waals surface area contributed by atoms with E-state index in [1.54, 1.807) is 5.56 Å². The average Bonchev–Trinajstić information content (AvgIpc) is 2.56. The van der Waals surface area contributed by atoms with Gasteiger partial charge in [-0.15, -0.1) is 0 Å². The highest BCUT2D eigenvalue weighted by Gasteiger charge is 2.41. The molecule has 0 aliphatic carbocycles. The Morgan fingerprint density at radius 1 is 1.07 bits per heavy atom. The van der Waals surface area contributed by atoms with Gasteiger partial charge >= 0.3 is 0 Å². The number of halogens is 1. The summed E-state index contributed by atoms with van der Waals surface area (Å²) >= 11 is 3.51. The maximum absolute atomic E-state index is 3.51. The summed E-state index contributed by atoms with van der Waals surface area (Å²) in [5.74, 6) is 0. The molecule has 2 aliphatic rings. The van der Waals surface area contributed by atoms with E-state index in [1.165, 1.54) is 43.4 Å². The number of rotatable bonds is 1. The second-order valence-electron chi connectivity index (χ2n) is 4.92. The van der Waals surface area contributed by atoms with Crippen molar-refractivity contribution in [2.24, 2.45) is 0 Å². The highest BCUT2D eigenvalue weighted by atomic mass is 79.9. The van der Waals surface area contributed by atoms with Crippen molar-refractivity contribution in [3.8, 4) is 0 Å². The van der Waals surface area contributed by atoms with Crippen LogP contribution >= 0.6 is 15.9 Å². The lowest BCUT2D eigenvalue weighted by Gasteiger charge is -2.34. The van der Waals surface area contributed by atoms with Crippen LogP contribution in [0.5, 0.6) is 0 Å². The minimum absolute atomic E-state index is 0.485. The molecule has 0 radical (unpaired) electrons. The van der Waals surface area contributed by atoms with Gasteiger partial charge in [0, 0.05) is 16.4 Å². The average molecular weight is 266 g/mol. The van der Waals surface area contributed by atoms with Crippen molar-refractivity contribution in [1.29, 1.82) is 0 Å². The third-order valence-corrected chi connectivity index (χ3v) is 4.55. The van der Waals surface area contributed by atoms with Gasteiger partial charge in [0.25, 0.3) is 0 Å². The van der Waals surface area contributed by atoms with Crippen LogP contribution < -0.4 is 0 Å². The smallest absolute Gasteiger partial charge is 0.0175 e. The number of hydrogen-bond donors (Lipinski definition) is 0. The normalized spacial score (nSPS) is 34.3. The second kappa shape index (κ2) is 3.60. The van der Waals surface area contributed by atoms with Gasteiger partial charge in [-0.1, -0.05) is 28.1 Å². The van der Waals surface area contributed by atoms with E-state index in [2.05, 4.69) is 45.1 Å². The number of fused-ring (bicyclic) bond motifs is 2. The maximum Gasteiger partial charge on any atom is 0.0175 e. The summed E-state index contributed by atoms with van der Waals surface area (Å²) in [5, 5.41) is 0. The molecule has 1 aromatic carbocycles. The molecule has 2 heterocycles. The van der Waals surface area contributed by atoms with Crippen molar-refractivity contribution in [2.45, 2.75) is 24.7 Å². The minimum atomic E-state index is 0.485. The Hall–Kier alpha value is -0.340. The van der Waals surface area contributed by atoms with Gasteiger partial charge < -0.3 is 4.90 Å². The Labute approximate surface area is 99.6 Å². The van der Waals surface area contributed by atoms with Crippen LogP contribution in [0.2, 0.25) is 0 Å². The van der Waals surface area contributed by atoms with Gasteiger partial charge in [0.2, 0.25) is 0 Å². The molecule has 2 heteroatoms. The van der Waals surface area contributed by atoms with Crippen LogP contribution in [0.4, 0.5) is 0 Å². The van der Waals surface area contributed by atoms with E-state index in [9.17, 15) is 0 Å². The van der Waals surface area contributed by atoms with E-state index in [0.717, 1.165) is 0 Å². The van der Waals surface area contributed by atoms with Gasteiger partial charge in [-0.2, -0.15) is 0 Å². The highest BCUT2D eigenvalue weighted by Crippen LogP contribution is 2.42. The van der Waals surface area contributed by atoms with Crippen molar-refractivity contribution >= 4 is 15.9 Å². The predicted molar refractivity (Wildman–Crippen MR) is 66.1 cm³/mol. The van der Waals surface area contributed by atoms with E-state index in [0.29, 0.717) is 5.41 Å². The molecule has 0 aromatic heterocycles. The summed E-state index contributed by atoms with van der Waals surface area (Å²) in [7, 11) is 0. The molecule has 2 unspecified atom stereocenters. The summed E-state index contributed by atoms with van der Waals surface area (Å²) in [5.41, 5.74) is 2.03. The summed E-state index contributed by atoms with van der Waals surface area (Å²) in [6, 6.07) is 8.97. The molecule has 15 heavy (non-hydrogen) atoms. The largest absolute Gasteiger partial charge is 0.302 e. The van der Waals surface area contributed by atoms with Crippen LogP contribution in [-0.2, 0) is 5.41 Å². The van der Waals surface area contributed by atoms with Gasteiger partial charge in [0.1, 0.15) is 0 Å². The predicted octanol–water partition coefficient (Wildman–Crippen LogP) is 3.19. The number of benzene rings is 1. The Bertz CT molecular complexity index is 355. The van der Waals surface area contributed by atoms with Gasteiger partial charge in [0.15, 0.2) is 0 Å². The fourth-order valence-corrected chi connectivity index (χ4v) is 3.44. The number of hydrogen-bond acceptors (Lipinski definition) is 1. The number of piperidine rings is 1. The van der Waals surface area contributed by atoms with Crippen LogP contribution in [0.1, 0.15) is 24.8 Å². The van der Waals surface area contributed by atoms with Crippen molar-refractivity contribution in [2.75, 3.05) is 19.6 Å². The summed E-state index contributed by atoms with van der Waals surface area (Å²) < 4.78 is 1.19. The first-order valence-electron chi connectivity index (χ1n) is 5.77. The zero-order valence-corrected chi connectivity index (χ0v) is 10.5. The summed E-state index contributed by atoms with van der Waals surface area (Å²) in [6.07, 6.45) is 4.11. The fourth-order valence-electron chi connectivity index (χ4n) is 3.18. The van der Waals surface area contributed by atoms with Gasteiger partial charge in [-0.3, -0.25) is 0 Å². The molecule has 2 fully saturated rings. The van der Waals surface area contributed by atoms with Crippen molar-refractivity contribution < 1.29 is 0 Å². The van der Waals surface area contributed by atoms with Gasteiger partial charge in [-0.05, 0) is 50.0 Å². The Balaban J connectivity index is 1.95. The quantitative estimate of drug-likeness (QED) is 0.754. The topological polar surface area (TPSA) is 3.24 Å². The van der Waals surface area contributed by atoms with Crippen molar-refractivity contribution in [3.63, 3.8) is 0 Å². The lowest BCUT2D eigenvalue weighted by atomic mass is 9.75. The first kappa shape index (κ1) is 9.86. The highest BCUT2D eigenvalue weighted by molar-refractivity contribution is 9.10. The first-order valence-corrected chi connectivity index (χ1v) is 6.56. The van der Waals surface area contributed by atoms with Crippen LogP contribution in [-0.4, -0.2) is 24.5 Å². The fraction of sp³-hybridized carbons (Fsp3) is 0.538. The molecule has 3 rings (SSSR count). The van der Waals surface area contributed by atoms with E-state index in [1.807, 2.05) is 0 Å². The van der Waals surface area contributed by atoms with Crippen molar-refractivity contribution in [1.82, 2.24) is 4.90 Å². The van der Waals surface area contributed by atoms with Gasteiger partial charge in [0.05, 0.1) is 0 Å². The zero-order chi connectivity index (χ0) is 10.3. The molecule has 2 saturated heterocycles. The Morgan fingerprint density at radius 3 is 2.67 bits per heavy atom. The molecular formula is C13H16BrN. The molecule has 0 saturated carbocycles. The van der Waals surface area contributed by atoms with E-state index in [-0.39, 0.29) is 0 Å². The summed E-state index contributed by atoms with van der Waals surface area (Å²) in [4.78, 5) is 2.62. The SMILES string of the molecule is Brc1ccc(C23CCCN(CC2)C3)cc1. The Morgan fingerprint density at radius 2 is 1.87 bits per heavy atom. The summed E-state index contributed by atoms with van der Waals surface area (Å²) in [6.45, 7) is 3.91. The molecule has 2 aliphatic heterocycles. The van der Waals surface area contributed by atoms with E-state index in [4.69, 9.17) is 0 Å². The van der Waals surface area contributed by atoms with E-state index < -0.39 is 0 Å². The standard InChI is InChI=1S/C13H16BrN/c14-12-4-2-11(3-5-12)13-6-1-8-15(10-13)9-7-13/h2-5H,1,6-10H2. The lowest BCUT2D eigenvalue weighted by Crippen LogP contribution is -2.36. The van der Waals surface area contributed by atoms with Crippen LogP contribution in [0.25, 0.3) is 0 Å². The van der Waals surface area contributed by atoms with Crippen LogP contribution in [0, 0.1) is 0 Å². The van der Waals surface area contributed by atoms with Crippen LogP contribution in [0.15, 0.2) is 28.7 Å². The van der Waals surface area contributed by atoms with Crippen LogP contribution in [0.3, 0.4) is 0 Å². The maximum atomic E-state index is 3.51. The molecule has 0 N–H and O–H groups in total. The molecule has 0 amide bonds. The van der Waals surface area contributed by atoms with Gasteiger partial charge in [-0.25, -0.2) is 0 Å². The molecule has 1 nitrogen and oxygen atoms in total. The molecule has 2 atom stereocenters. The second-order valence-corrected chi connectivity index (χ2v) is 5.83. The molecule has 1 aromatic rings. The first-order chi connectivity index (χ1) is 7.28. The minimum Gasteiger partial charge on any atom is -0.302 e. The Kier molecular flexibility index (Phi) is 2.37. The number of nitrogens with zero attached hydrogens (tertiary/aromatic N) is 1.